The van der Waals surface area contributed by atoms with Crippen LogP contribution in [0.3, 0.4) is 0 Å². The molecule has 2 amide bonds. The monoisotopic (exact) mass is 715 g/mol. The molecule has 10 heteroatoms. The molecule has 1 aliphatic heterocycles. The minimum Gasteiger partial charge on any atom is -0.444 e. The largest absolute Gasteiger partial charge is 0.444 e. The number of aryl methyl sites for hydroxylation is 1. The van der Waals surface area contributed by atoms with Gasteiger partial charge >= 0.3 is 6.09 Å². The molecule has 8 nitrogen and oxygen atoms in total. The highest BCUT2D eigenvalue weighted by Gasteiger charge is 2.51. The third-order valence-corrected chi connectivity index (χ3v) is 14.5. The standard InChI is InChI=1S/C40H50ClN3O5Si/c1-27-23-42-35(31-21-16-22-32(41)34(27)31)40(8,9)43-36(45)33-24-44(37(46)49-38(2,3)4)28(25-47-33)26-48-50(39(5,6)7,29-17-12-10-13-18-29)30-19-14-11-15-20-30/h10-23,28,33H,24-26H2,1-9H3,(H,43,45)/t28-,33-/m0/s1. The van der Waals surface area contributed by atoms with Crippen molar-refractivity contribution in [3.05, 3.63) is 101 Å². The smallest absolute Gasteiger partial charge is 0.410 e. The van der Waals surface area contributed by atoms with E-state index < -0.39 is 37.7 Å². The fraction of sp³-hybridized carbons (Fsp3) is 0.425. The Morgan fingerprint density at radius 3 is 2.08 bits per heavy atom. The number of ether oxygens (including phenoxy) is 2. The zero-order valence-corrected chi connectivity index (χ0v) is 32.4. The van der Waals surface area contributed by atoms with Crippen LogP contribution in [-0.2, 0) is 24.2 Å². The van der Waals surface area contributed by atoms with Crippen molar-refractivity contribution >= 4 is 53.1 Å². The number of nitrogens with zero attached hydrogens (tertiary/aromatic N) is 2. The summed E-state index contributed by atoms with van der Waals surface area (Å²) < 4.78 is 19.3. The molecule has 1 saturated heterocycles. The maximum Gasteiger partial charge on any atom is 0.410 e. The van der Waals surface area contributed by atoms with Crippen molar-refractivity contribution in [1.82, 2.24) is 15.2 Å². The second-order valence-electron chi connectivity index (χ2n) is 15.6. The summed E-state index contributed by atoms with van der Waals surface area (Å²) in [7, 11) is -2.91. The molecule has 0 saturated carbocycles. The van der Waals surface area contributed by atoms with E-state index in [4.69, 9.17) is 30.5 Å². The first-order chi connectivity index (χ1) is 23.4. The number of pyridine rings is 1. The van der Waals surface area contributed by atoms with Crippen LogP contribution in [0.2, 0.25) is 10.1 Å². The van der Waals surface area contributed by atoms with Gasteiger partial charge in [-0.05, 0) is 68.6 Å². The Hall–Kier alpha value is -3.76. The van der Waals surface area contributed by atoms with E-state index in [1.54, 1.807) is 11.1 Å². The van der Waals surface area contributed by atoms with Crippen molar-refractivity contribution < 1.29 is 23.5 Å². The number of carbonyl (C=O) groups is 2. The van der Waals surface area contributed by atoms with Crippen LogP contribution in [0.5, 0.6) is 0 Å². The van der Waals surface area contributed by atoms with Crippen molar-refractivity contribution in [2.24, 2.45) is 0 Å². The van der Waals surface area contributed by atoms with E-state index in [0.29, 0.717) is 10.7 Å². The molecule has 2 heterocycles. The highest BCUT2D eigenvalue weighted by Crippen LogP contribution is 2.37. The second kappa shape index (κ2) is 14.5. The quantitative estimate of drug-likeness (QED) is 0.195. The summed E-state index contributed by atoms with van der Waals surface area (Å²) in [6.45, 7) is 18.2. The summed E-state index contributed by atoms with van der Waals surface area (Å²) in [4.78, 5) is 34.1. The van der Waals surface area contributed by atoms with E-state index in [1.807, 2.05) is 96.1 Å². The zero-order chi connectivity index (χ0) is 36.5. The van der Waals surface area contributed by atoms with Gasteiger partial charge in [-0.25, -0.2) is 4.79 Å². The van der Waals surface area contributed by atoms with E-state index in [9.17, 15) is 9.59 Å². The van der Waals surface area contributed by atoms with Crippen LogP contribution < -0.4 is 15.7 Å². The maximum absolute atomic E-state index is 13.9. The van der Waals surface area contributed by atoms with Crippen LogP contribution >= 0.6 is 11.6 Å². The fourth-order valence-electron chi connectivity index (χ4n) is 6.88. The zero-order valence-electron chi connectivity index (χ0n) is 30.7. The summed E-state index contributed by atoms with van der Waals surface area (Å²) in [6, 6.07) is 25.9. The highest BCUT2D eigenvalue weighted by atomic mass is 35.5. The number of aromatic nitrogens is 1. The predicted molar refractivity (Wildman–Crippen MR) is 203 cm³/mol. The molecule has 0 aliphatic carbocycles. The molecule has 1 N–H and O–H groups in total. The first kappa shape index (κ1) is 37.5. The number of fused-ring (bicyclic) bond motifs is 1. The number of amides is 2. The van der Waals surface area contributed by atoms with E-state index >= 15 is 0 Å². The predicted octanol–water partition coefficient (Wildman–Crippen LogP) is 7.13. The van der Waals surface area contributed by atoms with Crippen molar-refractivity contribution in [2.45, 2.75) is 90.6 Å². The normalized spacial score (nSPS) is 17.4. The minimum atomic E-state index is -2.91. The van der Waals surface area contributed by atoms with Gasteiger partial charge in [-0.3, -0.25) is 14.7 Å². The van der Waals surface area contributed by atoms with Gasteiger partial charge in [0.05, 0.1) is 37.0 Å². The molecule has 0 unspecified atom stereocenters. The number of morpholine rings is 1. The molecular weight excluding hydrogens is 666 g/mol. The Labute approximate surface area is 302 Å². The SMILES string of the molecule is Cc1cnc(C(C)(C)NC(=O)[C@@H]2CN(C(=O)OC(C)(C)C)[C@H](CO[Si](c3ccccc3)(c3ccccc3)C(C)(C)C)CO2)c2cccc(Cl)c12. The van der Waals surface area contributed by atoms with Crippen LogP contribution in [0.15, 0.2) is 85.1 Å². The minimum absolute atomic E-state index is 0.000493. The van der Waals surface area contributed by atoms with Crippen molar-refractivity contribution in [3.8, 4) is 0 Å². The molecule has 3 aromatic carbocycles. The number of hydrogen-bond donors (Lipinski definition) is 1. The Kier molecular flexibility index (Phi) is 10.8. The van der Waals surface area contributed by atoms with Crippen LogP contribution in [0.25, 0.3) is 10.8 Å². The molecule has 5 rings (SSSR count). The Morgan fingerprint density at radius 1 is 0.920 bits per heavy atom. The molecule has 0 spiro atoms. The van der Waals surface area contributed by atoms with Crippen molar-refractivity contribution in [1.29, 1.82) is 0 Å². The van der Waals surface area contributed by atoms with Crippen LogP contribution in [0.4, 0.5) is 4.79 Å². The highest BCUT2D eigenvalue weighted by molar-refractivity contribution is 6.99. The topological polar surface area (TPSA) is 90.0 Å². The molecule has 0 radical (unpaired) electrons. The lowest BCUT2D eigenvalue weighted by molar-refractivity contribution is -0.144. The van der Waals surface area contributed by atoms with Gasteiger partial charge in [0, 0.05) is 22.0 Å². The molecule has 4 aromatic rings. The first-order valence-corrected chi connectivity index (χ1v) is 19.5. The van der Waals surface area contributed by atoms with E-state index in [1.165, 1.54) is 0 Å². The summed E-state index contributed by atoms with van der Waals surface area (Å²) >= 11 is 6.57. The van der Waals surface area contributed by atoms with E-state index in [2.05, 4.69) is 50.4 Å². The summed E-state index contributed by atoms with van der Waals surface area (Å²) in [5, 5.41) is 7.55. The van der Waals surface area contributed by atoms with Gasteiger partial charge in [-0.2, -0.15) is 0 Å². The van der Waals surface area contributed by atoms with Crippen LogP contribution in [0.1, 0.15) is 66.6 Å². The number of benzene rings is 3. The van der Waals surface area contributed by atoms with Gasteiger partial charge in [-0.1, -0.05) is 105 Å². The maximum atomic E-state index is 13.9. The summed E-state index contributed by atoms with van der Waals surface area (Å²) in [5.41, 5.74) is 0.0199. The Balaban J connectivity index is 1.43. The number of hydrogen-bond acceptors (Lipinski definition) is 6. The molecule has 50 heavy (non-hydrogen) atoms. The van der Waals surface area contributed by atoms with Crippen LogP contribution in [0, 0.1) is 6.92 Å². The van der Waals surface area contributed by atoms with Crippen LogP contribution in [-0.4, -0.2) is 67.7 Å². The lowest BCUT2D eigenvalue weighted by Crippen LogP contribution is -2.68. The number of nitrogens with one attached hydrogen (secondary N) is 1. The third kappa shape index (κ3) is 7.76. The molecule has 266 valence electrons. The molecule has 2 atom stereocenters. The Bertz CT molecular complexity index is 1770. The third-order valence-electron chi connectivity index (χ3n) is 9.20. The lowest BCUT2D eigenvalue weighted by Gasteiger charge is -2.46. The number of carbonyl (C=O) groups excluding carboxylic acids is 2. The van der Waals surface area contributed by atoms with Gasteiger partial charge in [0.15, 0.2) is 6.10 Å². The van der Waals surface area contributed by atoms with Gasteiger partial charge in [0.2, 0.25) is 0 Å². The van der Waals surface area contributed by atoms with Crippen molar-refractivity contribution in [2.75, 3.05) is 19.8 Å². The van der Waals surface area contributed by atoms with E-state index in [-0.39, 0.29) is 30.7 Å². The van der Waals surface area contributed by atoms with Gasteiger partial charge in [0.1, 0.15) is 5.60 Å². The average Bonchev–Trinajstić information content (AvgIpc) is 3.04. The molecule has 1 fully saturated rings. The molecule has 1 aliphatic rings. The van der Waals surface area contributed by atoms with Crippen molar-refractivity contribution in [3.63, 3.8) is 0 Å². The van der Waals surface area contributed by atoms with Gasteiger partial charge < -0.3 is 19.2 Å². The fourth-order valence-corrected chi connectivity index (χ4v) is 11.8. The lowest BCUT2D eigenvalue weighted by atomic mass is 9.93. The molecular formula is C40H50ClN3O5Si. The summed E-state index contributed by atoms with van der Waals surface area (Å²) in [5.74, 6) is -0.354. The second-order valence-corrected chi connectivity index (χ2v) is 20.4. The number of rotatable bonds is 8. The number of halogens is 1. The first-order valence-electron chi connectivity index (χ1n) is 17.2. The molecule has 1 aromatic heterocycles. The Morgan fingerprint density at radius 2 is 1.52 bits per heavy atom. The van der Waals surface area contributed by atoms with Gasteiger partial charge in [0.25, 0.3) is 14.2 Å². The van der Waals surface area contributed by atoms with Gasteiger partial charge in [-0.15, -0.1) is 0 Å². The average molecular weight is 716 g/mol. The van der Waals surface area contributed by atoms with E-state index in [0.717, 1.165) is 26.7 Å². The summed E-state index contributed by atoms with van der Waals surface area (Å²) in [6.07, 6.45) is 0.316. The molecule has 0 bridgehead atoms.